The minimum absolute atomic E-state index is 0.513. The van der Waals surface area contributed by atoms with E-state index in [-0.39, 0.29) is 0 Å². The number of aromatic nitrogens is 1. The lowest BCUT2D eigenvalue weighted by atomic mass is 10.0. The van der Waals surface area contributed by atoms with Gasteiger partial charge in [-0.25, -0.2) is 4.98 Å². The highest BCUT2D eigenvalue weighted by atomic mass is 15.2. The van der Waals surface area contributed by atoms with E-state index in [1.54, 1.807) is 0 Å². The molecule has 3 heteroatoms. The molecule has 1 aromatic heterocycles. The van der Waals surface area contributed by atoms with Crippen LogP contribution < -0.4 is 10.2 Å². The van der Waals surface area contributed by atoms with Crippen molar-refractivity contribution >= 4 is 5.82 Å². The minimum atomic E-state index is 0.513. The molecule has 0 bridgehead atoms. The Hall–Kier alpha value is -1.09. The molecule has 1 saturated heterocycles. The first-order chi connectivity index (χ1) is 8.97. The Morgan fingerprint density at radius 2 is 1.89 bits per heavy atom. The van der Waals surface area contributed by atoms with Gasteiger partial charge in [-0.3, -0.25) is 0 Å². The second-order valence-electron chi connectivity index (χ2n) is 6.31. The van der Waals surface area contributed by atoms with Crippen LogP contribution in [0, 0.1) is 18.8 Å². The standard InChI is InChI=1S/C16H27N3/c1-11(2)17-8-15-6-7-16(18-14(15)5)19-9-12(3)13(4)10-19/h6-7,11-13,17H,8-10H2,1-5H3. The molecule has 1 fully saturated rings. The summed E-state index contributed by atoms with van der Waals surface area (Å²) in [5.41, 5.74) is 2.45. The lowest BCUT2D eigenvalue weighted by molar-refractivity contribution is 0.494. The van der Waals surface area contributed by atoms with E-state index in [0.29, 0.717) is 6.04 Å². The maximum atomic E-state index is 4.79. The van der Waals surface area contributed by atoms with Gasteiger partial charge < -0.3 is 10.2 Å². The van der Waals surface area contributed by atoms with E-state index in [1.807, 2.05) is 0 Å². The number of aryl methyl sites for hydroxylation is 1. The Bertz CT molecular complexity index is 418. The fraction of sp³-hybridized carbons (Fsp3) is 0.688. The van der Waals surface area contributed by atoms with Crippen molar-refractivity contribution in [3.8, 4) is 0 Å². The molecule has 106 valence electrons. The molecule has 2 unspecified atom stereocenters. The van der Waals surface area contributed by atoms with Gasteiger partial charge >= 0.3 is 0 Å². The third-order valence-electron chi connectivity index (χ3n) is 4.19. The third kappa shape index (κ3) is 3.47. The highest BCUT2D eigenvalue weighted by Crippen LogP contribution is 2.27. The van der Waals surface area contributed by atoms with Crippen LogP contribution in [0.3, 0.4) is 0 Å². The average Bonchev–Trinajstić information content (AvgIpc) is 2.68. The van der Waals surface area contributed by atoms with Crippen LogP contribution in [0.25, 0.3) is 0 Å². The molecule has 0 saturated carbocycles. The molecule has 0 aliphatic carbocycles. The van der Waals surface area contributed by atoms with E-state index < -0.39 is 0 Å². The number of rotatable bonds is 4. The summed E-state index contributed by atoms with van der Waals surface area (Å²) in [6.07, 6.45) is 0. The molecule has 0 amide bonds. The second kappa shape index (κ2) is 5.91. The third-order valence-corrected chi connectivity index (χ3v) is 4.19. The Morgan fingerprint density at radius 1 is 1.26 bits per heavy atom. The van der Waals surface area contributed by atoms with Crippen LogP contribution >= 0.6 is 0 Å². The molecule has 2 heterocycles. The summed E-state index contributed by atoms with van der Waals surface area (Å²) in [4.78, 5) is 7.21. The minimum Gasteiger partial charge on any atom is -0.356 e. The first-order valence-electron chi connectivity index (χ1n) is 7.42. The topological polar surface area (TPSA) is 28.2 Å². The lowest BCUT2D eigenvalue weighted by Gasteiger charge is -2.19. The molecule has 1 aliphatic heterocycles. The van der Waals surface area contributed by atoms with Gasteiger partial charge in [0.05, 0.1) is 0 Å². The van der Waals surface area contributed by atoms with Gasteiger partial charge in [0.1, 0.15) is 5.82 Å². The van der Waals surface area contributed by atoms with Gasteiger partial charge in [-0.1, -0.05) is 33.8 Å². The van der Waals surface area contributed by atoms with Gasteiger partial charge in [0.15, 0.2) is 0 Å². The van der Waals surface area contributed by atoms with Crippen molar-refractivity contribution in [2.45, 2.75) is 47.2 Å². The van der Waals surface area contributed by atoms with Crippen molar-refractivity contribution in [2.75, 3.05) is 18.0 Å². The fourth-order valence-corrected chi connectivity index (χ4v) is 2.57. The van der Waals surface area contributed by atoms with Gasteiger partial charge in [0.2, 0.25) is 0 Å². The Balaban J connectivity index is 2.06. The van der Waals surface area contributed by atoms with E-state index in [1.165, 1.54) is 5.56 Å². The predicted molar refractivity (Wildman–Crippen MR) is 81.5 cm³/mol. The van der Waals surface area contributed by atoms with Crippen LogP contribution in [0.15, 0.2) is 12.1 Å². The maximum Gasteiger partial charge on any atom is 0.128 e. The van der Waals surface area contributed by atoms with Crippen LogP contribution in [0.2, 0.25) is 0 Å². The highest BCUT2D eigenvalue weighted by Gasteiger charge is 2.26. The first-order valence-corrected chi connectivity index (χ1v) is 7.42. The van der Waals surface area contributed by atoms with Crippen molar-refractivity contribution in [1.82, 2.24) is 10.3 Å². The second-order valence-corrected chi connectivity index (χ2v) is 6.31. The van der Waals surface area contributed by atoms with Crippen LogP contribution in [0.4, 0.5) is 5.82 Å². The molecule has 1 aliphatic rings. The van der Waals surface area contributed by atoms with Crippen molar-refractivity contribution < 1.29 is 0 Å². The van der Waals surface area contributed by atoms with Crippen LogP contribution in [-0.4, -0.2) is 24.1 Å². The Labute approximate surface area is 117 Å². The highest BCUT2D eigenvalue weighted by molar-refractivity contribution is 5.43. The monoisotopic (exact) mass is 261 g/mol. The molecule has 0 aromatic carbocycles. The van der Waals surface area contributed by atoms with Gasteiger partial charge in [0.25, 0.3) is 0 Å². The number of nitrogens with zero attached hydrogens (tertiary/aromatic N) is 2. The van der Waals surface area contributed by atoms with Crippen LogP contribution in [0.1, 0.15) is 39.0 Å². The van der Waals surface area contributed by atoms with Gasteiger partial charge in [-0.05, 0) is 30.4 Å². The van der Waals surface area contributed by atoms with Crippen molar-refractivity contribution in [1.29, 1.82) is 0 Å². The molecular formula is C16H27N3. The zero-order chi connectivity index (χ0) is 14.0. The molecule has 2 atom stereocenters. The van der Waals surface area contributed by atoms with E-state index in [9.17, 15) is 0 Å². The van der Waals surface area contributed by atoms with Crippen molar-refractivity contribution in [3.63, 3.8) is 0 Å². The molecule has 19 heavy (non-hydrogen) atoms. The van der Waals surface area contributed by atoms with Crippen molar-refractivity contribution in [3.05, 3.63) is 23.4 Å². The zero-order valence-corrected chi connectivity index (χ0v) is 12.9. The smallest absolute Gasteiger partial charge is 0.128 e. The summed E-state index contributed by atoms with van der Waals surface area (Å²) in [5, 5.41) is 3.45. The maximum absolute atomic E-state index is 4.79. The first kappa shape index (κ1) is 14.3. The summed E-state index contributed by atoms with van der Waals surface area (Å²) >= 11 is 0. The van der Waals surface area contributed by atoms with Crippen LogP contribution in [0.5, 0.6) is 0 Å². The SMILES string of the molecule is Cc1nc(N2CC(C)C(C)C2)ccc1CNC(C)C. The Morgan fingerprint density at radius 3 is 2.42 bits per heavy atom. The van der Waals surface area contributed by atoms with E-state index >= 15 is 0 Å². The summed E-state index contributed by atoms with van der Waals surface area (Å²) in [6.45, 7) is 14.3. The Kier molecular flexibility index (Phi) is 4.46. The van der Waals surface area contributed by atoms with E-state index in [0.717, 1.165) is 43.0 Å². The molecule has 0 spiro atoms. The largest absolute Gasteiger partial charge is 0.356 e. The number of nitrogens with one attached hydrogen (secondary N) is 1. The molecule has 1 aromatic rings. The van der Waals surface area contributed by atoms with Gasteiger partial charge in [0, 0.05) is 31.4 Å². The summed E-state index contributed by atoms with van der Waals surface area (Å²) in [6, 6.07) is 4.91. The van der Waals surface area contributed by atoms with Crippen molar-refractivity contribution in [2.24, 2.45) is 11.8 Å². The molecule has 2 rings (SSSR count). The molecule has 0 radical (unpaired) electrons. The number of hydrogen-bond acceptors (Lipinski definition) is 3. The summed E-state index contributed by atoms with van der Waals surface area (Å²) in [5.74, 6) is 2.68. The number of pyridine rings is 1. The quantitative estimate of drug-likeness (QED) is 0.903. The van der Waals surface area contributed by atoms with Gasteiger partial charge in [-0.15, -0.1) is 0 Å². The average molecular weight is 261 g/mol. The normalized spacial score (nSPS) is 23.4. The summed E-state index contributed by atoms with van der Waals surface area (Å²) < 4.78 is 0. The lowest BCUT2D eigenvalue weighted by Crippen LogP contribution is -2.24. The summed E-state index contributed by atoms with van der Waals surface area (Å²) in [7, 11) is 0. The van der Waals surface area contributed by atoms with E-state index in [4.69, 9.17) is 4.98 Å². The van der Waals surface area contributed by atoms with Gasteiger partial charge in [-0.2, -0.15) is 0 Å². The molecular weight excluding hydrogens is 234 g/mol. The van der Waals surface area contributed by atoms with E-state index in [2.05, 4.69) is 57.0 Å². The fourth-order valence-electron chi connectivity index (χ4n) is 2.57. The number of anilines is 1. The number of hydrogen-bond donors (Lipinski definition) is 1. The van der Waals surface area contributed by atoms with Crippen LogP contribution in [-0.2, 0) is 6.54 Å². The zero-order valence-electron chi connectivity index (χ0n) is 12.9. The predicted octanol–water partition coefficient (Wildman–Crippen LogP) is 2.98. The molecule has 3 nitrogen and oxygen atoms in total. The molecule has 1 N–H and O–H groups in total.